The standard InChI is InChI=1S/C8H16NO4/c1-11-4-8(5-12-2,6-13-3)9-7-10/h4-6H2,1-3H3,(H,9,10). The Morgan fingerprint density at radius 1 is 1.08 bits per heavy atom. The number of carbonyl (C=O) groups excluding carboxylic acids is 1. The van der Waals surface area contributed by atoms with E-state index in [9.17, 15) is 4.79 Å². The Kier molecular flexibility index (Phi) is 6.48. The monoisotopic (exact) mass is 190 g/mol. The van der Waals surface area contributed by atoms with Gasteiger partial charge in [0.15, 0.2) is 0 Å². The molecular formula is C8H16NO4. The number of amides is 1. The van der Waals surface area contributed by atoms with Crippen molar-refractivity contribution in [3.63, 3.8) is 0 Å². The molecule has 0 aliphatic carbocycles. The van der Waals surface area contributed by atoms with Gasteiger partial charge in [0.2, 0.25) is 0 Å². The number of nitrogens with one attached hydrogen (secondary N) is 1. The van der Waals surface area contributed by atoms with Crippen LogP contribution in [0.2, 0.25) is 0 Å². The van der Waals surface area contributed by atoms with Gasteiger partial charge in [-0.2, -0.15) is 0 Å². The van der Waals surface area contributed by atoms with Gasteiger partial charge in [0.25, 0.3) is 0 Å². The minimum Gasteiger partial charge on any atom is -0.382 e. The highest BCUT2D eigenvalue weighted by molar-refractivity contribution is 5.49. The van der Waals surface area contributed by atoms with Crippen LogP contribution in [-0.4, -0.2) is 53.1 Å². The van der Waals surface area contributed by atoms with Crippen LogP contribution in [0.1, 0.15) is 0 Å². The fourth-order valence-electron chi connectivity index (χ4n) is 1.17. The second-order valence-electron chi connectivity index (χ2n) is 2.81. The number of hydrogen-bond acceptors (Lipinski definition) is 4. The number of hydrogen-bond donors (Lipinski definition) is 1. The molecule has 0 atom stereocenters. The third-order valence-corrected chi connectivity index (χ3v) is 1.58. The molecule has 0 spiro atoms. The molecule has 0 aliphatic rings. The summed E-state index contributed by atoms with van der Waals surface area (Å²) in [5.74, 6) is 0. The fourth-order valence-corrected chi connectivity index (χ4v) is 1.17. The van der Waals surface area contributed by atoms with Gasteiger partial charge in [-0.3, -0.25) is 4.79 Å². The van der Waals surface area contributed by atoms with Gasteiger partial charge in [-0.25, -0.2) is 0 Å². The second-order valence-corrected chi connectivity index (χ2v) is 2.81. The van der Waals surface area contributed by atoms with Crippen molar-refractivity contribution in [2.45, 2.75) is 5.54 Å². The number of methoxy groups -OCH3 is 3. The highest BCUT2D eigenvalue weighted by Crippen LogP contribution is 2.05. The maximum atomic E-state index is 10.2. The Balaban J connectivity index is 4.27. The summed E-state index contributed by atoms with van der Waals surface area (Å²) in [5, 5.41) is 2.52. The van der Waals surface area contributed by atoms with Crippen LogP contribution < -0.4 is 5.32 Å². The minimum absolute atomic E-state index is 0.323. The van der Waals surface area contributed by atoms with Gasteiger partial charge < -0.3 is 19.5 Å². The predicted octanol–water partition coefficient (Wildman–Crippen LogP) is -0.679. The van der Waals surface area contributed by atoms with Crippen LogP contribution in [0, 0.1) is 0 Å². The minimum atomic E-state index is -0.639. The molecule has 5 heteroatoms. The molecule has 0 heterocycles. The lowest BCUT2D eigenvalue weighted by molar-refractivity contribution is 0.00427. The molecular weight excluding hydrogens is 174 g/mol. The average molecular weight is 190 g/mol. The lowest BCUT2D eigenvalue weighted by Gasteiger charge is -2.30. The number of rotatable bonds is 8. The molecule has 5 nitrogen and oxygen atoms in total. The van der Waals surface area contributed by atoms with Gasteiger partial charge >= 0.3 is 6.41 Å². The molecule has 0 saturated heterocycles. The van der Waals surface area contributed by atoms with Crippen molar-refractivity contribution in [3.05, 3.63) is 0 Å². The quantitative estimate of drug-likeness (QED) is 0.515. The molecule has 0 rings (SSSR count). The van der Waals surface area contributed by atoms with Crippen molar-refractivity contribution in [1.82, 2.24) is 5.32 Å². The summed E-state index contributed by atoms with van der Waals surface area (Å²) >= 11 is 0. The normalized spacial score (nSPS) is 11.3. The third-order valence-electron chi connectivity index (χ3n) is 1.58. The molecule has 77 valence electrons. The first-order chi connectivity index (χ1) is 6.24. The van der Waals surface area contributed by atoms with E-state index < -0.39 is 5.54 Å². The van der Waals surface area contributed by atoms with Gasteiger partial charge in [-0.1, -0.05) is 0 Å². The van der Waals surface area contributed by atoms with E-state index in [1.54, 1.807) is 27.7 Å². The third kappa shape index (κ3) is 4.21. The summed E-state index contributed by atoms with van der Waals surface area (Å²) in [6, 6.07) is 0. The van der Waals surface area contributed by atoms with E-state index >= 15 is 0 Å². The van der Waals surface area contributed by atoms with Crippen molar-refractivity contribution in [1.29, 1.82) is 0 Å². The largest absolute Gasteiger partial charge is 0.382 e. The van der Waals surface area contributed by atoms with Crippen LogP contribution in [0.3, 0.4) is 0 Å². The first-order valence-electron chi connectivity index (χ1n) is 3.86. The molecule has 0 fully saturated rings. The van der Waals surface area contributed by atoms with E-state index in [0.29, 0.717) is 19.8 Å². The Hall–Kier alpha value is -0.650. The van der Waals surface area contributed by atoms with Crippen LogP contribution in [0.15, 0.2) is 0 Å². The summed E-state index contributed by atoms with van der Waals surface area (Å²) in [6.07, 6.45) is 1.62. The lowest BCUT2D eigenvalue weighted by Crippen LogP contribution is -2.55. The summed E-state index contributed by atoms with van der Waals surface area (Å²) in [5.41, 5.74) is -0.639. The zero-order chi connectivity index (χ0) is 10.2. The molecule has 1 amide bonds. The van der Waals surface area contributed by atoms with Crippen molar-refractivity contribution in [2.75, 3.05) is 41.2 Å². The van der Waals surface area contributed by atoms with Gasteiger partial charge in [0, 0.05) is 21.3 Å². The molecule has 0 unspecified atom stereocenters. The van der Waals surface area contributed by atoms with Crippen LogP contribution in [-0.2, 0) is 19.0 Å². The molecule has 0 aromatic carbocycles. The van der Waals surface area contributed by atoms with Crippen molar-refractivity contribution in [3.8, 4) is 0 Å². The smallest absolute Gasteiger partial charge is 0.310 e. The van der Waals surface area contributed by atoms with E-state index in [-0.39, 0.29) is 0 Å². The zero-order valence-corrected chi connectivity index (χ0v) is 8.25. The van der Waals surface area contributed by atoms with Gasteiger partial charge in [-0.05, 0) is 0 Å². The van der Waals surface area contributed by atoms with E-state index in [4.69, 9.17) is 14.2 Å². The summed E-state index contributed by atoms with van der Waals surface area (Å²) in [7, 11) is 4.64. The molecule has 13 heavy (non-hydrogen) atoms. The summed E-state index contributed by atoms with van der Waals surface area (Å²) in [6.45, 7) is 0.970. The van der Waals surface area contributed by atoms with Crippen LogP contribution in [0.25, 0.3) is 0 Å². The van der Waals surface area contributed by atoms with Crippen molar-refractivity contribution in [2.24, 2.45) is 0 Å². The maximum Gasteiger partial charge on any atom is 0.310 e. The zero-order valence-electron chi connectivity index (χ0n) is 8.25. The van der Waals surface area contributed by atoms with Crippen LogP contribution >= 0.6 is 0 Å². The molecule has 1 N–H and O–H groups in total. The Morgan fingerprint density at radius 3 is 1.69 bits per heavy atom. The maximum absolute atomic E-state index is 10.2. The Morgan fingerprint density at radius 2 is 1.46 bits per heavy atom. The molecule has 1 radical (unpaired) electrons. The lowest BCUT2D eigenvalue weighted by atomic mass is 10.0. The first-order valence-corrected chi connectivity index (χ1v) is 3.86. The van der Waals surface area contributed by atoms with Gasteiger partial charge in [0.05, 0.1) is 19.8 Å². The van der Waals surface area contributed by atoms with E-state index in [2.05, 4.69) is 5.32 Å². The highest BCUT2D eigenvalue weighted by atomic mass is 16.5. The summed E-state index contributed by atoms with van der Waals surface area (Å²) in [4.78, 5) is 10.2. The molecule has 0 aromatic rings. The number of ether oxygens (including phenoxy) is 3. The van der Waals surface area contributed by atoms with E-state index in [1.165, 1.54) is 0 Å². The van der Waals surface area contributed by atoms with E-state index in [1.807, 2.05) is 0 Å². The van der Waals surface area contributed by atoms with Crippen molar-refractivity contribution >= 4 is 6.41 Å². The fraction of sp³-hybridized carbons (Fsp3) is 0.875. The Bertz CT molecular complexity index is 123. The average Bonchev–Trinajstić information content (AvgIpc) is 2.06. The first kappa shape index (κ1) is 12.3. The van der Waals surface area contributed by atoms with Crippen molar-refractivity contribution < 1.29 is 19.0 Å². The molecule has 0 saturated carbocycles. The van der Waals surface area contributed by atoms with Crippen LogP contribution in [0.4, 0.5) is 0 Å². The summed E-state index contributed by atoms with van der Waals surface area (Å²) < 4.78 is 14.9. The van der Waals surface area contributed by atoms with Crippen LogP contribution in [0.5, 0.6) is 0 Å². The predicted molar refractivity (Wildman–Crippen MR) is 47.2 cm³/mol. The van der Waals surface area contributed by atoms with Gasteiger partial charge in [-0.15, -0.1) is 0 Å². The molecule has 0 aromatic heterocycles. The van der Waals surface area contributed by atoms with E-state index in [0.717, 1.165) is 0 Å². The van der Waals surface area contributed by atoms with Gasteiger partial charge in [0.1, 0.15) is 5.54 Å². The molecule has 0 bridgehead atoms. The topological polar surface area (TPSA) is 56.8 Å². The highest BCUT2D eigenvalue weighted by Gasteiger charge is 2.30. The second kappa shape index (κ2) is 6.82. The Labute approximate surface area is 78.3 Å². The SMILES string of the molecule is COCC(COC)(COC)N[C]=O. The molecule has 0 aliphatic heterocycles.